The van der Waals surface area contributed by atoms with E-state index in [1.807, 2.05) is 34.6 Å². The van der Waals surface area contributed by atoms with Gasteiger partial charge in [0.05, 0.1) is 30.8 Å². The van der Waals surface area contributed by atoms with Gasteiger partial charge in [0.1, 0.15) is 17.6 Å². The maximum absolute atomic E-state index is 14.2. The van der Waals surface area contributed by atoms with Crippen molar-refractivity contribution in [2.45, 2.75) is 89.6 Å². The Morgan fingerprint density at radius 3 is 2.54 bits per heavy atom. The van der Waals surface area contributed by atoms with Crippen molar-refractivity contribution in [1.82, 2.24) is 9.80 Å². The second kappa shape index (κ2) is 9.69. The minimum absolute atomic E-state index is 0.0700. The summed E-state index contributed by atoms with van der Waals surface area (Å²) in [6.45, 7) is 19.1. The van der Waals surface area contributed by atoms with Crippen molar-refractivity contribution in [1.29, 1.82) is 0 Å². The number of hydrogen-bond donors (Lipinski definition) is 1. The number of nitrogens with zero attached hydrogens (tertiary/aromatic N) is 2. The van der Waals surface area contributed by atoms with Crippen LogP contribution in [0, 0.1) is 17.8 Å². The number of likely N-dealkylation sites (tertiary alicyclic amines) is 1. The van der Waals surface area contributed by atoms with Gasteiger partial charge in [-0.05, 0) is 59.8 Å². The summed E-state index contributed by atoms with van der Waals surface area (Å²) in [6.07, 6.45) is 5.27. The molecule has 2 amide bonds. The van der Waals surface area contributed by atoms with Gasteiger partial charge in [-0.2, -0.15) is 0 Å². The van der Waals surface area contributed by atoms with Crippen LogP contribution in [-0.4, -0.2) is 81.3 Å². The predicted octanol–water partition coefficient (Wildman–Crippen LogP) is 2.70. The quantitative estimate of drug-likeness (QED) is 0.287. The van der Waals surface area contributed by atoms with Crippen LogP contribution in [-0.2, 0) is 23.9 Å². The van der Waals surface area contributed by atoms with Crippen molar-refractivity contribution in [2.24, 2.45) is 17.8 Å². The Bertz CT molecular complexity index is 881. The molecule has 0 radical (unpaired) electrons. The summed E-state index contributed by atoms with van der Waals surface area (Å²) in [4.78, 5) is 44.7. The summed E-state index contributed by atoms with van der Waals surface area (Å²) in [5.74, 6) is -2.79. The largest absolute Gasteiger partial charge is 0.465 e. The van der Waals surface area contributed by atoms with Gasteiger partial charge in [-0.25, -0.2) is 0 Å². The molecular formula is C27H42N2O6. The van der Waals surface area contributed by atoms with Crippen LogP contribution in [0.2, 0.25) is 0 Å². The number of amides is 2. The predicted molar refractivity (Wildman–Crippen MR) is 132 cm³/mol. The van der Waals surface area contributed by atoms with E-state index < -0.39 is 46.6 Å². The van der Waals surface area contributed by atoms with Gasteiger partial charge in [0.15, 0.2) is 0 Å². The highest BCUT2D eigenvalue weighted by atomic mass is 16.6. The normalized spacial score (nSPS) is 34.5. The molecule has 3 fully saturated rings. The lowest BCUT2D eigenvalue weighted by Crippen LogP contribution is -2.61. The second-order valence-electron chi connectivity index (χ2n) is 11.5. The zero-order chi connectivity index (χ0) is 26.3. The van der Waals surface area contributed by atoms with E-state index in [0.717, 1.165) is 6.42 Å². The lowest BCUT2D eigenvalue weighted by Gasteiger charge is -2.43. The highest BCUT2D eigenvalue weighted by molar-refractivity contribution is 5.99. The third-order valence-corrected chi connectivity index (χ3v) is 8.16. The third-order valence-electron chi connectivity index (χ3n) is 8.16. The van der Waals surface area contributed by atoms with Crippen molar-refractivity contribution in [2.75, 3.05) is 19.8 Å². The minimum atomic E-state index is -1.17. The number of unbranched alkanes of at least 4 members (excludes halogenated alkanes) is 1. The number of hydrogen-bond acceptors (Lipinski definition) is 6. The highest BCUT2D eigenvalue weighted by Gasteiger charge is 2.80. The smallest absolute Gasteiger partial charge is 0.312 e. The zero-order valence-electron chi connectivity index (χ0n) is 22.1. The maximum Gasteiger partial charge on any atom is 0.312 e. The van der Waals surface area contributed by atoms with Gasteiger partial charge in [-0.1, -0.05) is 19.1 Å². The molecule has 2 bridgehead atoms. The van der Waals surface area contributed by atoms with Crippen LogP contribution in [0.1, 0.15) is 60.8 Å². The molecule has 0 aromatic heterocycles. The zero-order valence-corrected chi connectivity index (χ0v) is 22.1. The van der Waals surface area contributed by atoms with E-state index in [-0.39, 0.29) is 30.9 Å². The first kappa shape index (κ1) is 27.4. The molecule has 7 atom stereocenters. The molecule has 0 saturated carbocycles. The molecule has 3 aliphatic heterocycles. The molecule has 0 aromatic rings. The Balaban J connectivity index is 2.09. The van der Waals surface area contributed by atoms with E-state index in [0.29, 0.717) is 19.4 Å². The van der Waals surface area contributed by atoms with Crippen molar-refractivity contribution in [3.05, 3.63) is 25.3 Å². The van der Waals surface area contributed by atoms with Crippen molar-refractivity contribution < 1.29 is 29.0 Å². The van der Waals surface area contributed by atoms with E-state index in [1.54, 1.807) is 24.0 Å². The Hall–Kier alpha value is -2.19. The number of fused-ring (bicyclic) bond motifs is 1. The van der Waals surface area contributed by atoms with Crippen LogP contribution in [0.5, 0.6) is 0 Å². The van der Waals surface area contributed by atoms with E-state index in [1.165, 1.54) is 4.90 Å². The van der Waals surface area contributed by atoms with Crippen LogP contribution in [0.15, 0.2) is 25.3 Å². The maximum atomic E-state index is 14.2. The van der Waals surface area contributed by atoms with Gasteiger partial charge < -0.3 is 24.4 Å². The first-order valence-corrected chi connectivity index (χ1v) is 12.6. The van der Waals surface area contributed by atoms with Crippen LogP contribution in [0.3, 0.4) is 0 Å². The molecular weight excluding hydrogens is 448 g/mol. The number of esters is 1. The number of allylic oxidation sites excluding steroid dienone is 1. The summed E-state index contributed by atoms with van der Waals surface area (Å²) in [6, 6.07) is -1.57. The van der Waals surface area contributed by atoms with Gasteiger partial charge in [0.2, 0.25) is 11.8 Å². The third kappa shape index (κ3) is 4.22. The Morgan fingerprint density at radius 1 is 1.34 bits per heavy atom. The number of carbonyl (C=O) groups excluding carboxylic acids is 3. The van der Waals surface area contributed by atoms with Gasteiger partial charge in [0, 0.05) is 12.1 Å². The summed E-state index contributed by atoms with van der Waals surface area (Å²) in [5, 5.41) is 10.0. The van der Waals surface area contributed by atoms with Crippen LogP contribution in [0.25, 0.3) is 0 Å². The molecule has 3 saturated heterocycles. The van der Waals surface area contributed by atoms with E-state index in [9.17, 15) is 19.5 Å². The lowest BCUT2D eigenvalue weighted by molar-refractivity contribution is -0.164. The minimum Gasteiger partial charge on any atom is -0.465 e. The van der Waals surface area contributed by atoms with Gasteiger partial charge >= 0.3 is 5.97 Å². The summed E-state index contributed by atoms with van der Waals surface area (Å²) in [5.41, 5.74) is -2.62. The van der Waals surface area contributed by atoms with Crippen LogP contribution in [0.4, 0.5) is 0 Å². The molecule has 3 rings (SSSR count). The SMILES string of the molecule is C=CCCCOC(=O)[C@H]1[C@H]2C(=O)N([C@H](C)CO)C(C(=O)N(CC=C)C(C)(C)C)C23CC(C)[C@]1(C)O3. The molecule has 1 spiro atoms. The number of carbonyl (C=O) groups is 3. The summed E-state index contributed by atoms with van der Waals surface area (Å²) in [7, 11) is 0. The second-order valence-corrected chi connectivity index (χ2v) is 11.5. The van der Waals surface area contributed by atoms with Crippen molar-refractivity contribution in [3.8, 4) is 0 Å². The average molecular weight is 491 g/mol. The standard InChI is InChI=1S/C27H42N2O6/c1-9-11-12-14-34-24(33)20-19-22(31)29(18(4)16-30)21(23(32)28(13-10-2)25(5,6)7)27(19)15-17(3)26(20,8)35-27/h9-10,17-21,30H,1-2,11-16H2,3-8H3/t17?,18-,19+,20-,21?,26+,27?/m1/s1. The number of rotatable bonds is 10. The molecule has 8 nitrogen and oxygen atoms in total. The molecule has 8 heteroatoms. The number of ether oxygens (including phenoxy) is 2. The molecule has 0 aromatic carbocycles. The van der Waals surface area contributed by atoms with E-state index >= 15 is 0 Å². The Labute approximate surface area is 209 Å². The van der Waals surface area contributed by atoms with Crippen molar-refractivity contribution in [3.63, 3.8) is 0 Å². The molecule has 0 aliphatic carbocycles. The molecule has 196 valence electrons. The first-order chi connectivity index (χ1) is 16.3. The molecule has 3 unspecified atom stereocenters. The highest BCUT2D eigenvalue weighted by Crippen LogP contribution is 2.65. The number of aliphatic hydroxyl groups is 1. The lowest BCUT2D eigenvalue weighted by atomic mass is 9.62. The van der Waals surface area contributed by atoms with Crippen LogP contribution < -0.4 is 0 Å². The van der Waals surface area contributed by atoms with Crippen molar-refractivity contribution >= 4 is 17.8 Å². The summed E-state index contributed by atoms with van der Waals surface area (Å²) < 4.78 is 12.3. The summed E-state index contributed by atoms with van der Waals surface area (Å²) >= 11 is 0. The fraction of sp³-hybridized carbons (Fsp3) is 0.741. The van der Waals surface area contributed by atoms with Crippen LogP contribution >= 0.6 is 0 Å². The monoisotopic (exact) mass is 490 g/mol. The van der Waals surface area contributed by atoms with E-state index in [4.69, 9.17) is 9.47 Å². The Morgan fingerprint density at radius 2 is 2.00 bits per heavy atom. The average Bonchev–Trinajstić information content (AvgIpc) is 3.30. The fourth-order valence-electron chi connectivity index (χ4n) is 6.34. The van der Waals surface area contributed by atoms with Gasteiger partial charge in [-0.3, -0.25) is 14.4 Å². The molecule has 1 N–H and O–H groups in total. The molecule has 3 aliphatic rings. The van der Waals surface area contributed by atoms with Gasteiger partial charge in [0.25, 0.3) is 0 Å². The fourth-order valence-corrected chi connectivity index (χ4v) is 6.34. The molecule has 3 heterocycles. The van der Waals surface area contributed by atoms with Gasteiger partial charge in [-0.15, -0.1) is 13.2 Å². The van der Waals surface area contributed by atoms with E-state index in [2.05, 4.69) is 13.2 Å². The Kier molecular flexibility index (Phi) is 7.59. The number of aliphatic hydroxyl groups excluding tert-OH is 1. The molecule has 35 heavy (non-hydrogen) atoms. The topological polar surface area (TPSA) is 96.4 Å². The first-order valence-electron chi connectivity index (χ1n) is 12.6.